The number of nitrogens with zero attached hydrogens (tertiary/aromatic N) is 1. The van der Waals surface area contributed by atoms with Gasteiger partial charge in [-0.2, -0.15) is 0 Å². The summed E-state index contributed by atoms with van der Waals surface area (Å²) in [7, 11) is -3.56. The van der Waals surface area contributed by atoms with E-state index in [9.17, 15) is 18.0 Å². The van der Waals surface area contributed by atoms with Gasteiger partial charge in [-0.05, 0) is 76.1 Å². The number of carbonyl (C=O) groups excluding carboxylic acids is 2. The summed E-state index contributed by atoms with van der Waals surface area (Å²) in [5.74, 6) is -0.0150. The van der Waals surface area contributed by atoms with Crippen LogP contribution in [0.1, 0.15) is 53.9 Å². The van der Waals surface area contributed by atoms with Crippen LogP contribution in [0.15, 0.2) is 40.6 Å². The summed E-state index contributed by atoms with van der Waals surface area (Å²) in [6.45, 7) is 10.8. The van der Waals surface area contributed by atoms with Crippen molar-refractivity contribution < 1.29 is 22.7 Å². The first-order valence-corrected chi connectivity index (χ1v) is 13.6. The normalized spacial score (nSPS) is 22.2. The van der Waals surface area contributed by atoms with Gasteiger partial charge in [0.15, 0.2) is 9.84 Å². The number of benzene rings is 1. The van der Waals surface area contributed by atoms with E-state index in [2.05, 4.69) is 12.2 Å². The largest absolute Gasteiger partial charge is 0.444 e. The van der Waals surface area contributed by atoms with Gasteiger partial charge in [0.2, 0.25) is 5.91 Å². The van der Waals surface area contributed by atoms with Gasteiger partial charge in [-0.3, -0.25) is 4.79 Å². The number of hydrogen-bond donors (Lipinski definition) is 1. The molecule has 9 heteroatoms. The maximum atomic E-state index is 13.0. The number of ether oxygens (including phenoxy) is 1. The van der Waals surface area contributed by atoms with Crippen LogP contribution in [0.2, 0.25) is 5.02 Å². The zero-order valence-corrected chi connectivity index (χ0v) is 22.3. The Hall–Kier alpha value is -2.06. The third-order valence-corrected chi connectivity index (χ3v) is 7.52. The van der Waals surface area contributed by atoms with Crippen molar-refractivity contribution in [2.45, 2.75) is 64.4 Å². The number of hydrogen-bond acceptors (Lipinski definition) is 5. The fraction of sp³-hybridized carbons (Fsp3) is 0.600. The Morgan fingerprint density at radius 2 is 1.85 bits per heavy atom. The van der Waals surface area contributed by atoms with E-state index in [4.69, 9.17) is 16.3 Å². The predicted molar refractivity (Wildman–Crippen MR) is 134 cm³/mol. The highest BCUT2D eigenvalue weighted by atomic mass is 35.5. The molecule has 2 rings (SSSR count). The second-order valence-electron chi connectivity index (χ2n) is 10.1. The van der Waals surface area contributed by atoms with Gasteiger partial charge in [0, 0.05) is 30.1 Å². The molecular formula is C25H37ClN2O5S. The van der Waals surface area contributed by atoms with Crippen molar-refractivity contribution >= 4 is 33.4 Å². The van der Waals surface area contributed by atoms with E-state index < -0.39 is 21.5 Å². The first kappa shape index (κ1) is 28.2. The molecule has 0 aromatic heterocycles. The molecule has 1 aliphatic heterocycles. The zero-order chi connectivity index (χ0) is 25.5. The second-order valence-corrected chi connectivity index (χ2v) is 12.4. The summed E-state index contributed by atoms with van der Waals surface area (Å²) in [5, 5.41) is 4.52. The Morgan fingerprint density at radius 3 is 2.47 bits per heavy atom. The second kappa shape index (κ2) is 12.1. The molecule has 3 unspecified atom stereocenters. The Labute approximate surface area is 208 Å². The molecule has 1 fully saturated rings. The number of rotatable bonds is 6. The van der Waals surface area contributed by atoms with Crippen LogP contribution in [0.25, 0.3) is 0 Å². The van der Waals surface area contributed by atoms with E-state index in [1.165, 1.54) is 30.3 Å². The van der Waals surface area contributed by atoms with Crippen LogP contribution in [0.4, 0.5) is 4.79 Å². The molecule has 1 aromatic carbocycles. The van der Waals surface area contributed by atoms with Gasteiger partial charge in [-0.15, -0.1) is 0 Å². The van der Waals surface area contributed by atoms with E-state index in [0.717, 1.165) is 18.2 Å². The summed E-state index contributed by atoms with van der Waals surface area (Å²) < 4.78 is 30.3. The minimum absolute atomic E-state index is 0.0982. The third-order valence-electron chi connectivity index (χ3n) is 5.79. The molecule has 34 heavy (non-hydrogen) atoms. The van der Waals surface area contributed by atoms with E-state index in [1.807, 2.05) is 27.7 Å². The van der Waals surface area contributed by atoms with Gasteiger partial charge >= 0.3 is 6.09 Å². The molecule has 1 N–H and O–H groups in total. The average Bonchev–Trinajstić information content (AvgIpc) is 2.71. The van der Waals surface area contributed by atoms with Crippen molar-refractivity contribution in [2.24, 2.45) is 17.8 Å². The molecule has 2 amide bonds. The number of nitrogens with one attached hydrogen (secondary N) is 1. The molecule has 1 aliphatic rings. The number of sulfone groups is 1. The van der Waals surface area contributed by atoms with Crippen LogP contribution >= 0.6 is 11.6 Å². The van der Waals surface area contributed by atoms with Crippen LogP contribution in [0.3, 0.4) is 0 Å². The SMILES string of the molecule is CC1CCN(C(=O)OC(C)(C)C)CC(C(=O)NCC/C=C/S(=O)(=O)c2ccc(Cl)cc2)C(C)C1. The topological polar surface area (TPSA) is 92.8 Å². The van der Waals surface area contributed by atoms with Gasteiger partial charge in [0.1, 0.15) is 5.60 Å². The third kappa shape index (κ3) is 8.95. The fourth-order valence-corrected chi connectivity index (χ4v) is 5.13. The highest BCUT2D eigenvalue weighted by Crippen LogP contribution is 2.27. The van der Waals surface area contributed by atoms with Gasteiger partial charge in [-0.25, -0.2) is 13.2 Å². The molecular weight excluding hydrogens is 476 g/mol. The Balaban J connectivity index is 1.96. The highest BCUT2D eigenvalue weighted by Gasteiger charge is 2.33. The van der Waals surface area contributed by atoms with Crippen LogP contribution in [0, 0.1) is 17.8 Å². The molecule has 190 valence electrons. The smallest absolute Gasteiger partial charge is 0.410 e. The van der Waals surface area contributed by atoms with Crippen molar-refractivity contribution in [3.8, 4) is 0 Å². The van der Waals surface area contributed by atoms with Gasteiger partial charge in [0.25, 0.3) is 0 Å². The van der Waals surface area contributed by atoms with Gasteiger partial charge in [0.05, 0.1) is 10.8 Å². The lowest BCUT2D eigenvalue weighted by Gasteiger charge is -2.35. The maximum Gasteiger partial charge on any atom is 0.410 e. The molecule has 1 heterocycles. The molecule has 1 saturated heterocycles. The van der Waals surface area contributed by atoms with E-state index in [0.29, 0.717) is 37.0 Å². The van der Waals surface area contributed by atoms with Crippen molar-refractivity contribution in [3.05, 3.63) is 40.8 Å². The number of likely N-dealkylation sites (tertiary alicyclic amines) is 1. The standard InChI is InChI=1S/C25H37ClN2O5S/c1-18-12-14-28(24(30)33-25(3,4)5)17-22(19(2)16-18)23(29)27-13-6-7-15-34(31,32)21-10-8-20(26)9-11-21/h7-11,15,18-19,22H,6,12-14,16-17H2,1-5H3,(H,27,29)/b15-7+. The van der Waals surface area contributed by atoms with Crippen LogP contribution < -0.4 is 5.32 Å². The van der Waals surface area contributed by atoms with Crippen molar-refractivity contribution in [2.75, 3.05) is 19.6 Å². The van der Waals surface area contributed by atoms with E-state index in [-0.39, 0.29) is 22.6 Å². The minimum atomic E-state index is -3.56. The predicted octanol–water partition coefficient (Wildman–Crippen LogP) is 5.05. The molecule has 0 radical (unpaired) electrons. The lowest BCUT2D eigenvalue weighted by molar-refractivity contribution is -0.127. The monoisotopic (exact) mass is 512 g/mol. The fourth-order valence-electron chi connectivity index (χ4n) is 3.94. The first-order valence-electron chi connectivity index (χ1n) is 11.7. The summed E-state index contributed by atoms with van der Waals surface area (Å²) >= 11 is 5.81. The minimum Gasteiger partial charge on any atom is -0.444 e. The summed E-state index contributed by atoms with van der Waals surface area (Å²) in [6.07, 6.45) is 3.26. The number of amides is 2. The van der Waals surface area contributed by atoms with Crippen LogP contribution in [0.5, 0.6) is 0 Å². The summed E-state index contributed by atoms with van der Waals surface area (Å²) in [5.41, 5.74) is -0.604. The molecule has 0 saturated carbocycles. The highest BCUT2D eigenvalue weighted by molar-refractivity contribution is 7.94. The zero-order valence-electron chi connectivity index (χ0n) is 20.7. The van der Waals surface area contributed by atoms with Crippen molar-refractivity contribution in [1.29, 1.82) is 0 Å². The number of carbonyl (C=O) groups is 2. The lowest BCUT2D eigenvalue weighted by Crippen LogP contribution is -2.47. The summed E-state index contributed by atoms with van der Waals surface area (Å²) in [6, 6.07) is 5.97. The molecule has 3 atom stereocenters. The van der Waals surface area contributed by atoms with Gasteiger partial charge in [-0.1, -0.05) is 31.5 Å². The molecule has 1 aromatic rings. The Bertz CT molecular complexity index is 970. The molecule has 0 aliphatic carbocycles. The Morgan fingerprint density at radius 1 is 1.21 bits per heavy atom. The Kier molecular flexibility index (Phi) is 10.0. The van der Waals surface area contributed by atoms with Crippen LogP contribution in [-0.2, 0) is 19.4 Å². The van der Waals surface area contributed by atoms with E-state index in [1.54, 1.807) is 4.90 Å². The van der Waals surface area contributed by atoms with E-state index >= 15 is 0 Å². The maximum absolute atomic E-state index is 13.0. The van der Waals surface area contributed by atoms with Crippen molar-refractivity contribution in [3.63, 3.8) is 0 Å². The van der Waals surface area contributed by atoms with Gasteiger partial charge < -0.3 is 15.0 Å². The first-order chi connectivity index (χ1) is 15.8. The molecule has 0 bridgehead atoms. The molecule has 0 spiro atoms. The van der Waals surface area contributed by atoms with Crippen molar-refractivity contribution in [1.82, 2.24) is 10.2 Å². The lowest BCUT2D eigenvalue weighted by atomic mass is 9.82. The quantitative estimate of drug-likeness (QED) is 0.538. The summed E-state index contributed by atoms with van der Waals surface area (Å²) in [4.78, 5) is 27.5. The average molecular weight is 513 g/mol. The number of halogens is 1. The molecule has 7 nitrogen and oxygen atoms in total. The van der Waals surface area contributed by atoms with Crippen LogP contribution in [-0.4, -0.2) is 50.6 Å².